The number of nitrogens with zero attached hydrogens (tertiary/aromatic N) is 3. The summed E-state index contributed by atoms with van der Waals surface area (Å²) in [5.41, 5.74) is 1.33. The maximum atomic E-state index is 12.0. The molecule has 2 aromatic carbocycles. The lowest BCUT2D eigenvalue weighted by atomic mass is 10.2. The number of aromatic nitrogens is 4. The van der Waals surface area contributed by atoms with Gasteiger partial charge in [0.25, 0.3) is 0 Å². The lowest BCUT2D eigenvalue weighted by Gasteiger charge is -2.07. The van der Waals surface area contributed by atoms with Gasteiger partial charge >= 0.3 is 5.82 Å². The Balaban J connectivity index is 1.99. The summed E-state index contributed by atoms with van der Waals surface area (Å²) in [4.78, 5) is 1.47. The Labute approximate surface area is 172 Å². The van der Waals surface area contributed by atoms with Crippen LogP contribution < -0.4 is 14.7 Å². The summed E-state index contributed by atoms with van der Waals surface area (Å²) in [7, 11) is -2.35. The molecule has 0 fully saturated rings. The summed E-state index contributed by atoms with van der Waals surface area (Å²) in [6, 6.07) is 10.9. The van der Waals surface area contributed by atoms with Gasteiger partial charge in [-0.2, -0.15) is 0 Å². The van der Waals surface area contributed by atoms with Crippen molar-refractivity contribution in [2.45, 2.75) is 11.4 Å². The second kappa shape index (κ2) is 7.58. The molecular weight excluding hydrogens is 537 g/mol. The highest BCUT2D eigenvalue weighted by Gasteiger charge is 2.28. The summed E-state index contributed by atoms with van der Waals surface area (Å²) in [5.74, 6) is 1.01. The lowest BCUT2D eigenvalue weighted by Crippen LogP contribution is -2.39. The number of nitrogens with two attached hydrogens (primary N) is 1. The molecule has 0 bridgehead atoms. The summed E-state index contributed by atoms with van der Waals surface area (Å²) in [6.07, 6.45) is 0. The maximum Gasteiger partial charge on any atom is 0.341 e. The second-order valence-electron chi connectivity index (χ2n) is 5.32. The molecule has 26 heavy (non-hydrogen) atoms. The Kier molecular flexibility index (Phi) is 5.60. The molecule has 1 aromatic heterocycles. The van der Waals surface area contributed by atoms with E-state index in [-0.39, 0.29) is 10.7 Å². The van der Waals surface area contributed by atoms with E-state index in [2.05, 4.69) is 31.3 Å². The fourth-order valence-electron chi connectivity index (χ4n) is 2.36. The van der Waals surface area contributed by atoms with Crippen LogP contribution in [0.4, 0.5) is 0 Å². The molecular formula is C15H14BrIN5O3S+. The molecule has 8 nitrogen and oxygen atoms in total. The molecule has 3 N–H and O–H groups in total. The Morgan fingerprint density at radius 1 is 1.27 bits per heavy atom. The van der Waals surface area contributed by atoms with Crippen molar-refractivity contribution in [3.8, 4) is 17.1 Å². The third kappa shape index (κ3) is 4.05. The van der Waals surface area contributed by atoms with Gasteiger partial charge in [-0.05, 0) is 78.7 Å². The third-order valence-electron chi connectivity index (χ3n) is 3.55. The van der Waals surface area contributed by atoms with Crippen molar-refractivity contribution in [1.82, 2.24) is 15.4 Å². The van der Waals surface area contributed by atoms with E-state index in [1.165, 1.54) is 4.80 Å². The molecule has 3 rings (SSSR count). The molecule has 3 aromatic rings. The zero-order valence-electron chi connectivity index (χ0n) is 13.5. The number of hydrogen-bond donors (Lipinski definition) is 2. The minimum absolute atomic E-state index is 0.0417. The summed E-state index contributed by atoms with van der Waals surface area (Å²) in [6.45, 7) is 0.437. The molecule has 0 spiro atoms. The predicted octanol–water partition coefficient (Wildman–Crippen LogP) is 1.83. The van der Waals surface area contributed by atoms with Crippen molar-refractivity contribution in [3.63, 3.8) is 0 Å². The Hall–Kier alpha value is -1.57. The van der Waals surface area contributed by atoms with Crippen molar-refractivity contribution in [2.75, 3.05) is 7.11 Å². The van der Waals surface area contributed by atoms with Crippen LogP contribution in [0.5, 0.6) is 5.75 Å². The molecule has 0 unspecified atom stereocenters. The van der Waals surface area contributed by atoms with E-state index in [0.29, 0.717) is 20.2 Å². The van der Waals surface area contributed by atoms with Crippen molar-refractivity contribution < 1.29 is 18.0 Å². The standard InChI is InChI=1S/C15H13BrIN5O3S/c1-25-10-4-2-9(3-5-10)8-22-20-15(19-21-22)13-12(17)7-6-11(16)14(13)26(18,23)24/h2-7H,8H2,1H3,(H2,18,23,24)/p+1. The van der Waals surface area contributed by atoms with E-state index in [1.807, 2.05) is 46.9 Å². The molecule has 0 radical (unpaired) electrons. The number of hydrogen-bond acceptors (Lipinski definition) is 5. The fraction of sp³-hybridized carbons (Fsp3) is 0.133. The quantitative estimate of drug-likeness (QED) is 0.371. The topological polar surface area (TPSA) is 115 Å². The van der Waals surface area contributed by atoms with Crippen LogP contribution >= 0.6 is 38.5 Å². The van der Waals surface area contributed by atoms with Gasteiger partial charge in [0, 0.05) is 8.04 Å². The normalized spacial score (nSPS) is 11.5. The smallest absolute Gasteiger partial charge is 0.341 e. The van der Waals surface area contributed by atoms with Crippen molar-refractivity contribution >= 4 is 48.5 Å². The molecule has 0 saturated heterocycles. The fourth-order valence-corrected chi connectivity index (χ4v) is 5.07. The van der Waals surface area contributed by atoms with Crippen LogP contribution in [-0.2, 0) is 16.6 Å². The van der Waals surface area contributed by atoms with Crippen LogP contribution in [0.1, 0.15) is 5.56 Å². The number of ether oxygens (including phenoxy) is 1. The first-order valence-corrected chi connectivity index (χ1v) is 10.7. The minimum atomic E-state index is -3.96. The lowest BCUT2D eigenvalue weighted by molar-refractivity contribution is -0.797. The number of primary sulfonamides is 1. The predicted molar refractivity (Wildman–Crippen MR) is 106 cm³/mol. The van der Waals surface area contributed by atoms with E-state index < -0.39 is 10.0 Å². The number of methoxy groups -OCH3 is 1. The SMILES string of the molecule is COc1ccc(C[n+]2nc(-c3c(I)ccc(Br)c3S(N)(=O)=O)n[nH]2)cc1. The highest BCUT2D eigenvalue weighted by molar-refractivity contribution is 14.1. The number of sulfonamides is 1. The Bertz CT molecular complexity index is 1050. The van der Waals surface area contributed by atoms with E-state index >= 15 is 0 Å². The van der Waals surface area contributed by atoms with Crippen LogP contribution in [0.15, 0.2) is 45.8 Å². The molecule has 0 atom stereocenters. The van der Waals surface area contributed by atoms with Gasteiger partial charge in [0.2, 0.25) is 10.0 Å². The molecule has 0 aliphatic heterocycles. The Morgan fingerprint density at radius 2 is 1.96 bits per heavy atom. The first kappa shape index (κ1) is 19.2. The second-order valence-corrected chi connectivity index (χ2v) is 8.83. The zero-order valence-corrected chi connectivity index (χ0v) is 18.0. The van der Waals surface area contributed by atoms with Gasteiger partial charge in [-0.25, -0.2) is 13.6 Å². The maximum absolute atomic E-state index is 12.0. The largest absolute Gasteiger partial charge is 0.497 e. The van der Waals surface area contributed by atoms with Crippen LogP contribution in [-0.4, -0.2) is 30.9 Å². The molecule has 11 heteroatoms. The molecule has 0 saturated carbocycles. The van der Waals surface area contributed by atoms with Gasteiger partial charge in [-0.3, -0.25) is 0 Å². The molecule has 136 valence electrons. The van der Waals surface area contributed by atoms with Gasteiger partial charge in [0.05, 0.1) is 17.8 Å². The van der Waals surface area contributed by atoms with Crippen molar-refractivity contribution in [1.29, 1.82) is 0 Å². The van der Waals surface area contributed by atoms with Crippen LogP contribution in [0.25, 0.3) is 11.4 Å². The number of H-pyrrole nitrogens is 1. The van der Waals surface area contributed by atoms with Gasteiger partial charge in [-0.1, -0.05) is 16.9 Å². The first-order chi connectivity index (χ1) is 12.3. The van der Waals surface area contributed by atoms with Crippen molar-refractivity contribution in [3.05, 3.63) is 50.0 Å². The number of halogens is 2. The van der Waals surface area contributed by atoms with Gasteiger partial charge in [-0.15, -0.1) is 0 Å². The summed E-state index contributed by atoms with van der Waals surface area (Å²) in [5, 5.41) is 16.7. The highest BCUT2D eigenvalue weighted by Crippen LogP contribution is 2.34. The summed E-state index contributed by atoms with van der Waals surface area (Å²) < 4.78 is 30.2. The molecule has 0 aliphatic rings. The number of aromatic amines is 1. The van der Waals surface area contributed by atoms with Gasteiger partial charge in [0.1, 0.15) is 10.6 Å². The molecule has 0 aliphatic carbocycles. The van der Waals surface area contributed by atoms with E-state index in [4.69, 9.17) is 9.88 Å². The third-order valence-corrected chi connectivity index (χ3v) is 6.36. The number of tetrazole rings is 1. The van der Waals surface area contributed by atoms with Gasteiger partial charge < -0.3 is 4.74 Å². The molecule has 1 heterocycles. The van der Waals surface area contributed by atoms with Crippen LogP contribution in [0.3, 0.4) is 0 Å². The van der Waals surface area contributed by atoms with E-state index in [1.54, 1.807) is 19.2 Å². The highest BCUT2D eigenvalue weighted by atomic mass is 127. The van der Waals surface area contributed by atoms with Crippen LogP contribution in [0, 0.1) is 3.57 Å². The van der Waals surface area contributed by atoms with Crippen LogP contribution in [0.2, 0.25) is 0 Å². The van der Waals surface area contributed by atoms with E-state index in [9.17, 15) is 8.42 Å². The monoisotopic (exact) mass is 550 g/mol. The Morgan fingerprint density at radius 3 is 2.58 bits per heavy atom. The number of nitrogens with one attached hydrogen (secondary N) is 1. The average Bonchev–Trinajstić information content (AvgIpc) is 3.04. The minimum Gasteiger partial charge on any atom is -0.497 e. The first-order valence-electron chi connectivity index (χ1n) is 7.26. The van der Waals surface area contributed by atoms with E-state index in [0.717, 1.165) is 11.3 Å². The van der Waals surface area contributed by atoms with Crippen molar-refractivity contribution in [2.24, 2.45) is 5.14 Å². The molecule has 0 amide bonds. The summed E-state index contributed by atoms with van der Waals surface area (Å²) >= 11 is 5.27. The number of benzene rings is 2. The average molecular weight is 551 g/mol. The number of rotatable bonds is 5. The van der Waals surface area contributed by atoms with Gasteiger partial charge in [0.15, 0.2) is 6.54 Å². The zero-order chi connectivity index (χ0) is 18.9.